The lowest BCUT2D eigenvalue weighted by molar-refractivity contribution is -0.389. The summed E-state index contributed by atoms with van der Waals surface area (Å²) in [6.45, 7) is 1.24. The van der Waals surface area contributed by atoms with Gasteiger partial charge >= 0.3 is 5.82 Å². The Labute approximate surface area is 140 Å². The van der Waals surface area contributed by atoms with E-state index in [1.165, 1.54) is 15.7 Å². The van der Waals surface area contributed by atoms with Crippen molar-refractivity contribution in [2.45, 2.75) is 18.9 Å². The van der Waals surface area contributed by atoms with Gasteiger partial charge in [-0.15, -0.1) is 0 Å². The standard InChI is InChI=1S/C14H16N6O3S/c21-10(11-15-3-4-16-11)9-1-5-18(6-2-9)12-13(20(22)23)19-7-8-24-14(19)17-12/h3-4,7-10,21H,1-2,5-6H2,(H,15,16). The van der Waals surface area contributed by atoms with Gasteiger partial charge in [0.25, 0.3) is 4.96 Å². The van der Waals surface area contributed by atoms with Crippen LogP contribution in [0.3, 0.4) is 0 Å². The maximum Gasteiger partial charge on any atom is 0.373 e. The van der Waals surface area contributed by atoms with Crippen molar-refractivity contribution in [3.63, 3.8) is 0 Å². The second-order valence-corrected chi connectivity index (χ2v) is 6.69. The number of hydrogen-bond acceptors (Lipinski definition) is 7. The predicted octanol–water partition coefficient (Wildman–Crippen LogP) is 1.98. The molecule has 3 aromatic heterocycles. The van der Waals surface area contributed by atoms with E-state index >= 15 is 0 Å². The van der Waals surface area contributed by atoms with Gasteiger partial charge in [0.2, 0.25) is 5.82 Å². The Morgan fingerprint density at radius 1 is 1.46 bits per heavy atom. The molecule has 4 rings (SSSR count). The summed E-state index contributed by atoms with van der Waals surface area (Å²) in [6.07, 6.45) is 5.79. The average Bonchev–Trinajstić information content (AvgIpc) is 3.30. The third-order valence-electron chi connectivity index (χ3n) is 4.48. The largest absolute Gasteiger partial charge is 0.385 e. The molecule has 1 saturated heterocycles. The molecular weight excluding hydrogens is 332 g/mol. The Hall–Kier alpha value is -2.46. The van der Waals surface area contributed by atoms with Gasteiger partial charge in [0, 0.05) is 30.9 Å². The minimum atomic E-state index is -0.636. The van der Waals surface area contributed by atoms with Gasteiger partial charge < -0.3 is 25.1 Å². The van der Waals surface area contributed by atoms with Gasteiger partial charge in [0.05, 0.1) is 0 Å². The number of aliphatic hydroxyl groups excluding tert-OH is 1. The van der Waals surface area contributed by atoms with Crippen LogP contribution in [0.5, 0.6) is 0 Å². The van der Waals surface area contributed by atoms with Crippen LogP contribution in [-0.2, 0) is 0 Å². The van der Waals surface area contributed by atoms with Gasteiger partial charge in [-0.3, -0.25) is 0 Å². The van der Waals surface area contributed by atoms with E-state index in [1.54, 1.807) is 24.0 Å². The predicted molar refractivity (Wildman–Crippen MR) is 88.2 cm³/mol. The number of H-pyrrole nitrogens is 1. The first-order valence-corrected chi connectivity index (χ1v) is 8.55. The van der Waals surface area contributed by atoms with Crippen LogP contribution in [-0.4, -0.2) is 42.5 Å². The zero-order valence-electron chi connectivity index (χ0n) is 12.7. The summed E-state index contributed by atoms with van der Waals surface area (Å²) >= 11 is 1.38. The van der Waals surface area contributed by atoms with Crippen LogP contribution in [0, 0.1) is 16.0 Å². The van der Waals surface area contributed by atoms with Crippen molar-refractivity contribution >= 4 is 27.9 Å². The number of imidazole rings is 2. The molecule has 1 fully saturated rings. The van der Waals surface area contributed by atoms with E-state index < -0.39 is 6.10 Å². The van der Waals surface area contributed by atoms with Crippen LogP contribution >= 0.6 is 11.3 Å². The highest BCUT2D eigenvalue weighted by atomic mass is 32.1. The third-order valence-corrected chi connectivity index (χ3v) is 5.23. The third kappa shape index (κ3) is 2.43. The van der Waals surface area contributed by atoms with E-state index in [0.717, 1.165) is 12.8 Å². The van der Waals surface area contributed by atoms with Crippen molar-refractivity contribution in [3.05, 3.63) is 39.9 Å². The summed E-state index contributed by atoms with van der Waals surface area (Å²) in [5.74, 6) is 1.08. The first-order valence-electron chi connectivity index (χ1n) is 7.67. The summed E-state index contributed by atoms with van der Waals surface area (Å²) in [6, 6.07) is 0. The fourth-order valence-corrected chi connectivity index (χ4v) is 3.94. The maximum atomic E-state index is 11.4. The van der Waals surface area contributed by atoms with Crippen LogP contribution < -0.4 is 4.90 Å². The van der Waals surface area contributed by atoms with Crippen LogP contribution in [0.15, 0.2) is 24.0 Å². The van der Waals surface area contributed by atoms with E-state index in [0.29, 0.717) is 29.7 Å². The van der Waals surface area contributed by atoms with Gasteiger partial charge in [0.15, 0.2) is 0 Å². The Bertz CT molecular complexity index is 849. The summed E-state index contributed by atoms with van der Waals surface area (Å²) in [4.78, 5) is 25.1. The van der Waals surface area contributed by atoms with E-state index in [9.17, 15) is 15.2 Å². The topological polar surface area (TPSA) is 113 Å². The lowest BCUT2D eigenvalue weighted by Gasteiger charge is -2.33. The van der Waals surface area contributed by atoms with Gasteiger partial charge in [-0.25, -0.2) is 4.98 Å². The summed E-state index contributed by atoms with van der Waals surface area (Å²) in [7, 11) is 0. The number of nitrogens with zero attached hydrogens (tertiary/aromatic N) is 5. The van der Waals surface area contributed by atoms with Crippen molar-refractivity contribution < 1.29 is 10.0 Å². The van der Waals surface area contributed by atoms with E-state index in [-0.39, 0.29) is 16.7 Å². The number of rotatable bonds is 4. The SMILES string of the molecule is O=[N+]([O-])c1c(N2CCC(C(O)c3ncc[nH]3)CC2)nc2sccn12. The van der Waals surface area contributed by atoms with Crippen LogP contribution in [0.25, 0.3) is 4.96 Å². The zero-order valence-corrected chi connectivity index (χ0v) is 13.5. The monoisotopic (exact) mass is 348 g/mol. The smallest absolute Gasteiger partial charge is 0.373 e. The molecule has 0 aliphatic carbocycles. The number of nitro groups is 1. The van der Waals surface area contributed by atoms with E-state index in [2.05, 4.69) is 15.0 Å². The number of anilines is 1. The summed E-state index contributed by atoms with van der Waals surface area (Å²) < 4.78 is 1.52. The van der Waals surface area contributed by atoms with Gasteiger partial charge in [-0.2, -0.15) is 9.38 Å². The quantitative estimate of drug-likeness (QED) is 0.551. The zero-order chi connectivity index (χ0) is 16.7. The highest BCUT2D eigenvalue weighted by Gasteiger charge is 2.33. The Morgan fingerprint density at radius 3 is 2.92 bits per heavy atom. The number of aromatic amines is 1. The molecule has 1 atom stereocenters. The molecule has 4 heterocycles. The first-order chi connectivity index (χ1) is 11.6. The molecule has 1 aliphatic rings. The Balaban J connectivity index is 1.53. The molecule has 0 aromatic carbocycles. The van der Waals surface area contributed by atoms with Gasteiger partial charge in [0.1, 0.15) is 18.1 Å². The van der Waals surface area contributed by atoms with Crippen LogP contribution in [0.1, 0.15) is 24.8 Å². The van der Waals surface area contributed by atoms with Crippen molar-refractivity contribution in [3.8, 4) is 0 Å². The molecule has 10 heteroatoms. The Kier molecular flexibility index (Phi) is 3.69. The minimum Gasteiger partial charge on any atom is -0.385 e. The molecule has 0 saturated carbocycles. The molecule has 0 radical (unpaired) electrons. The number of thiazole rings is 1. The first kappa shape index (κ1) is 15.1. The van der Waals surface area contributed by atoms with Gasteiger partial charge in [-0.1, -0.05) is 11.3 Å². The lowest BCUT2D eigenvalue weighted by Crippen LogP contribution is -2.36. The molecule has 0 bridgehead atoms. The fraction of sp³-hybridized carbons (Fsp3) is 0.429. The number of aliphatic hydroxyl groups is 1. The summed E-state index contributed by atoms with van der Waals surface area (Å²) in [5.41, 5.74) is 0. The number of hydrogen-bond donors (Lipinski definition) is 2. The molecular formula is C14H16N6O3S. The van der Waals surface area contributed by atoms with Crippen molar-refractivity contribution in [2.75, 3.05) is 18.0 Å². The molecule has 24 heavy (non-hydrogen) atoms. The molecule has 1 aliphatic heterocycles. The molecule has 1 unspecified atom stereocenters. The van der Waals surface area contributed by atoms with Crippen molar-refractivity contribution in [1.82, 2.24) is 19.4 Å². The Morgan fingerprint density at radius 2 is 2.25 bits per heavy atom. The second-order valence-electron chi connectivity index (χ2n) is 5.82. The number of nitrogens with one attached hydrogen (secondary N) is 1. The number of aromatic nitrogens is 4. The molecule has 3 aromatic rings. The molecule has 2 N–H and O–H groups in total. The average molecular weight is 348 g/mol. The van der Waals surface area contributed by atoms with Crippen LogP contribution in [0.2, 0.25) is 0 Å². The fourth-order valence-electron chi connectivity index (χ4n) is 3.23. The lowest BCUT2D eigenvalue weighted by atomic mass is 9.91. The highest BCUT2D eigenvalue weighted by molar-refractivity contribution is 7.15. The van der Waals surface area contributed by atoms with Gasteiger partial charge in [-0.05, 0) is 23.7 Å². The second kappa shape index (κ2) is 5.87. The van der Waals surface area contributed by atoms with E-state index in [1.807, 2.05) is 4.90 Å². The molecule has 9 nitrogen and oxygen atoms in total. The molecule has 126 valence electrons. The van der Waals surface area contributed by atoms with Crippen molar-refractivity contribution in [2.24, 2.45) is 5.92 Å². The molecule has 0 spiro atoms. The normalized spacial score (nSPS) is 17.5. The van der Waals surface area contributed by atoms with Crippen LogP contribution in [0.4, 0.5) is 11.6 Å². The van der Waals surface area contributed by atoms with E-state index in [4.69, 9.17) is 0 Å². The number of fused-ring (bicyclic) bond motifs is 1. The minimum absolute atomic E-state index is 0.0104. The van der Waals surface area contributed by atoms with Crippen molar-refractivity contribution in [1.29, 1.82) is 0 Å². The number of piperidine rings is 1. The summed E-state index contributed by atoms with van der Waals surface area (Å²) in [5, 5.41) is 23.6. The highest BCUT2D eigenvalue weighted by Crippen LogP contribution is 2.35. The molecule has 0 amide bonds. The maximum absolute atomic E-state index is 11.4.